The van der Waals surface area contributed by atoms with Crippen LogP contribution in [-0.2, 0) is 4.74 Å². The lowest BCUT2D eigenvalue weighted by atomic mass is 10.3. The molecule has 94 valence electrons. The van der Waals surface area contributed by atoms with Crippen molar-refractivity contribution in [2.45, 2.75) is 6.42 Å². The van der Waals surface area contributed by atoms with Crippen molar-refractivity contribution in [2.24, 2.45) is 0 Å². The molecule has 1 aliphatic rings. The standard InChI is InChI=1S/C12H18ClN3O/c13-11-3-1-4-14-12(11)15-5-2-6-16-7-9-17-10-8-16/h1,3-4H,2,5-10H2,(H,14,15). The van der Waals surface area contributed by atoms with Gasteiger partial charge in [-0.05, 0) is 25.1 Å². The lowest BCUT2D eigenvalue weighted by Gasteiger charge is -2.26. The van der Waals surface area contributed by atoms with Crippen LogP contribution in [0.2, 0.25) is 5.02 Å². The predicted octanol–water partition coefficient (Wildman–Crippen LogP) is 1.87. The van der Waals surface area contributed by atoms with Gasteiger partial charge < -0.3 is 10.1 Å². The van der Waals surface area contributed by atoms with Gasteiger partial charge in [0.2, 0.25) is 0 Å². The van der Waals surface area contributed by atoms with Crippen LogP contribution >= 0.6 is 11.6 Å². The summed E-state index contributed by atoms with van der Waals surface area (Å²) in [5.74, 6) is 0.774. The number of pyridine rings is 1. The molecule has 1 aromatic rings. The van der Waals surface area contributed by atoms with Gasteiger partial charge >= 0.3 is 0 Å². The molecular weight excluding hydrogens is 238 g/mol. The van der Waals surface area contributed by atoms with Crippen LogP contribution in [0.4, 0.5) is 5.82 Å². The van der Waals surface area contributed by atoms with Gasteiger partial charge in [0.1, 0.15) is 5.82 Å². The van der Waals surface area contributed by atoms with Crippen molar-refractivity contribution in [2.75, 3.05) is 44.7 Å². The topological polar surface area (TPSA) is 37.4 Å². The van der Waals surface area contributed by atoms with Gasteiger partial charge in [0, 0.05) is 25.8 Å². The molecule has 2 rings (SSSR count). The van der Waals surface area contributed by atoms with E-state index in [9.17, 15) is 0 Å². The summed E-state index contributed by atoms with van der Waals surface area (Å²) in [7, 11) is 0. The molecule has 0 aliphatic carbocycles. The summed E-state index contributed by atoms with van der Waals surface area (Å²) >= 11 is 6.00. The summed E-state index contributed by atoms with van der Waals surface area (Å²) < 4.78 is 5.31. The van der Waals surface area contributed by atoms with Crippen LogP contribution < -0.4 is 5.32 Å². The normalized spacial score (nSPS) is 17.0. The molecule has 1 fully saturated rings. The molecule has 0 radical (unpaired) electrons. The van der Waals surface area contributed by atoms with Gasteiger partial charge in [0.25, 0.3) is 0 Å². The molecule has 0 spiro atoms. The molecule has 17 heavy (non-hydrogen) atoms. The Bertz CT molecular complexity index is 342. The van der Waals surface area contributed by atoms with Crippen LogP contribution in [0.25, 0.3) is 0 Å². The molecule has 4 nitrogen and oxygen atoms in total. The molecule has 0 aromatic carbocycles. The Kier molecular flexibility index (Phi) is 5.04. The van der Waals surface area contributed by atoms with Gasteiger partial charge in [-0.15, -0.1) is 0 Å². The third kappa shape index (κ3) is 4.15. The molecule has 1 aliphatic heterocycles. The van der Waals surface area contributed by atoms with Crippen LogP contribution in [0, 0.1) is 0 Å². The van der Waals surface area contributed by atoms with Crippen molar-refractivity contribution < 1.29 is 4.74 Å². The monoisotopic (exact) mass is 255 g/mol. The van der Waals surface area contributed by atoms with Crippen LogP contribution in [0.1, 0.15) is 6.42 Å². The first-order valence-electron chi connectivity index (χ1n) is 6.01. The van der Waals surface area contributed by atoms with E-state index in [1.165, 1.54) is 0 Å². The van der Waals surface area contributed by atoms with E-state index in [-0.39, 0.29) is 0 Å². The maximum Gasteiger partial charge on any atom is 0.144 e. The third-order valence-electron chi connectivity index (χ3n) is 2.81. The second-order valence-electron chi connectivity index (χ2n) is 4.07. The maximum absolute atomic E-state index is 6.00. The van der Waals surface area contributed by atoms with Gasteiger partial charge in [-0.3, -0.25) is 4.90 Å². The highest BCUT2D eigenvalue weighted by Crippen LogP contribution is 2.16. The zero-order valence-electron chi connectivity index (χ0n) is 9.86. The van der Waals surface area contributed by atoms with Crippen molar-refractivity contribution in [1.82, 2.24) is 9.88 Å². The van der Waals surface area contributed by atoms with E-state index >= 15 is 0 Å². The molecule has 1 N–H and O–H groups in total. The average molecular weight is 256 g/mol. The number of rotatable bonds is 5. The van der Waals surface area contributed by atoms with Crippen LogP contribution in [-0.4, -0.2) is 49.3 Å². The van der Waals surface area contributed by atoms with Crippen molar-refractivity contribution in [3.05, 3.63) is 23.4 Å². The molecule has 1 saturated heterocycles. The minimum absolute atomic E-state index is 0.680. The summed E-state index contributed by atoms with van der Waals surface area (Å²) in [6, 6.07) is 3.68. The molecule has 0 saturated carbocycles. The van der Waals surface area contributed by atoms with Crippen LogP contribution in [0.5, 0.6) is 0 Å². The Hall–Kier alpha value is -0.840. The number of halogens is 1. The number of nitrogens with one attached hydrogen (secondary N) is 1. The maximum atomic E-state index is 6.00. The van der Waals surface area contributed by atoms with Gasteiger partial charge in [0.15, 0.2) is 0 Å². The first-order chi connectivity index (χ1) is 8.36. The molecule has 5 heteroatoms. The molecule has 1 aromatic heterocycles. The molecule has 0 atom stereocenters. The van der Waals surface area contributed by atoms with Gasteiger partial charge in [-0.2, -0.15) is 0 Å². The first kappa shape index (κ1) is 12.6. The summed E-state index contributed by atoms with van der Waals surface area (Å²) in [4.78, 5) is 6.61. The fraction of sp³-hybridized carbons (Fsp3) is 0.583. The largest absolute Gasteiger partial charge is 0.379 e. The zero-order valence-corrected chi connectivity index (χ0v) is 10.6. The third-order valence-corrected chi connectivity index (χ3v) is 3.11. The van der Waals surface area contributed by atoms with E-state index in [4.69, 9.17) is 16.3 Å². The Morgan fingerprint density at radius 2 is 2.24 bits per heavy atom. The lowest BCUT2D eigenvalue weighted by Crippen LogP contribution is -2.37. The van der Waals surface area contributed by atoms with E-state index in [1.54, 1.807) is 6.20 Å². The number of nitrogens with zero attached hydrogens (tertiary/aromatic N) is 2. The van der Waals surface area contributed by atoms with Crippen molar-refractivity contribution >= 4 is 17.4 Å². The summed E-state index contributed by atoms with van der Waals surface area (Å²) in [5, 5.41) is 3.93. The Morgan fingerprint density at radius 3 is 3.00 bits per heavy atom. The van der Waals surface area contributed by atoms with Gasteiger partial charge in [0.05, 0.1) is 18.2 Å². The van der Waals surface area contributed by atoms with E-state index < -0.39 is 0 Å². The predicted molar refractivity (Wildman–Crippen MR) is 69.6 cm³/mol. The van der Waals surface area contributed by atoms with Crippen molar-refractivity contribution in [1.29, 1.82) is 0 Å². The van der Waals surface area contributed by atoms with Crippen LogP contribution in [0.15, 0.2) is 18.3 Å². The summed E-state index contributed by atoms with van der Waals surface area (Å²) in [6.07, 6.45) is 2.84. The van der Waals surface area contributed by atoms with Crippen LogP contribution in [0.3, 0.4) is 0 Å². The number of ether oxygens (including phenoxy) is 1. The number of hydrogen-bond acceptors (Lipinski definition) is 4. The quantitative estimate of drug-likeness (QED) is 0.816. The highest BCUT2D eigenvalue weighted by Gasteiger charge is 2.09. The fourth-order valence-electron chi connectivity index (χ4n) is 1.85. The molecule has 0 amide bonds. The summed E-state index contributed by atoms with van der Waals surface area (Å²) in [6.45, 7) is 5.81. The van der Waals surface area contributed by atoms with E-state index in [2.05, 4.69) is 15.2 Å². The Morgan fingerprint density at radius 1 is 1.41 bits per heavy atom. The number of aromatic nitrogens is 1. The van der Waals surface area contributed by atoms with Gasteiger partial charge in [-0.25, -0.2) is 4.98 Å². The van der Waals surface area contributed by atoms with Crippen molar-refractivity contribution in [3.63, 3.8) is 0 Å². The molecule has 0 bridgehead atoms. The summed E-state index contributed by atoms with van der Waals surface area (Å²) in [5.41, 5.74) is 0. The highest BCUT2D eigenvalue weighted by molar-refractivity contribution is 6.32. The fourth-order valence-corrected chi connectivity index (χ4v) is 2.04. The Balaban J connectivity index is 1.64. The average Bonchev–Trinajstić information content (AvgIpc) is 2.38. The smallest absolute Gasteiger partial charge is 0.144 e. The van der Waals surface area contributed by atoms with Gasteiger partial charge in [-0.1, -0.05) is 11.6 Å². The van der Waals surface area contributed by atoms with E-state index in [0.717, 1.165) is 51.6 Å². The minimum Gasteiger partial charge on any atom is -0.379 e. The molecule has 0 unspecified atom stereocenters. The van der Waals surface area contributed by atoms with E-state index in [0.29, 0.717) is 5.02 Å². The number of anilines is 1. The number of hydrogen-bond donors (Lipinski definition) is 1. The highest BCUT2D eigenvalue weighted by atomic mass is 35.5. The Labute approximate surface area is 107 Å². The molecule has 2 heterocycles. The zero-order chi connectivity index (χ0) is 11.9. The second-order valence-corrected chi connectivity index (χ2v) is 4.48. The van der Waals surface area contributed by atoms with E-state index in [1.807, 2.05) is 12.1 Å². The van der Waals surface area contributed by atoms with Crippen molar-refractivity contribution in [3.8, 4) is 0 Å². The first-order valence-corrected chi connectivity index (χ1v) is 6.38. The second kappa shape index (κ2) is 6.79. The lowest BCUT2D eigenvalue weighted by molar-refractivity contribution is 0.0378. The SMILES string of the molecule is Clc1cccnc1NCCCN1CCOCC1. The number of morpholine rings is 1. The minimum atomic E-state index is 0.680. The molecular formula is C12H18ClN3O.